The molecule has 1 heterocycles. The maximum Gasteiger partial charge on any atom is 0.00162 e. The molecule has 1 aliphatic heterocycles. The standard InChI is InChI=1S/C9H20N2/c1-9-7-10(2)5-4-6-11(3)8-9/h9H,4-8H2,1-3H3. The monoisotopic (exact) mass is 156 g/mol. The smallest absolute Gasteiger partial charge is 0.00162 e. The van der Waals surface area contributed by atoms with Gasteiger partial charge in [-0.3, -0.25) is 0 Å². The quantitative estimate of drug-likeness (QED) is 0.514. The molecule has 0 amide bonds. The number of rotatable bonds is 0. The van der Waals surface area contributed by atoms with Gasteiger partial charge in [0.2, 0.25) is 0 Å². The van der Waals surface area contributed by atoms with E-state index in [1.165, 1.54) is 32.6 Å². The van der Waals surface area contributed by atoms with Crippen LogP contribution in [-0.4, -0.2) is 50.1 Å². The van der Waals surface area contributed by atoms with Crippen LogP contribution in [0.4, 0.5) is 0 Å². The van der Waals surface area contributed by atoms with Crippen molar-refractivity contribution in [1.82, 2.24) is 9.80 Å². The van der Waals surface area contributed by atoms with E-state index in [1.54, 1.807) is 0 Å². The van der Waals surface area contributed by atoms with E-state index in [0.29, 0.717) is 0 Å². The molecular formula is C9H20N2. The van der Waals surface area contributed by atoms with Crippen LogP contribution >= 0.6 is 0 Å². The zero-order chi connectivity index (χ0) is 8.27. The summed E-state index contributed by atoms with van der Waals surface area (Å²) >= 11 is 0. The minimum Gasteiger partial charge on any atom is -0.306 e. The zero-order valence-corrected chi connectivity index (χ0v) is 8.01. The van der Waals surface area contributed by atoms with Crippen LogP contribution in [0.3, 0.4) is 0 Å². The predicted molar refractivity (Wildman–Crippen MR) is 48.8 cm³/mol. The van der Waals surface area contributed by atoms with Crippen molar-refractivity contribution in [3.63, 3.8) is 0 Å². The summed E-state index contributed by atoms with van der Waals surface area (Å²) in [5.41, 5.74) is 0. The Morgan fingerprint density at radius 3 is 1.91 bits per heavy atom. The van der Waals surface area contributed by atoms with Crippen molar-refractivity contribution in [3.05, 3.63) is 0 Å². The first-order chi connectivity index (χ1) is 5.18. The Labute approximate surface area is 70.2 Å². The van der Waals surface area contributed by atoms with Crippen LogP contribution in [0.5, 0.6) is 0 Å². The molecule has 0 N–H and O–H groups in total. The van der Waals surface area contributed by atoms with Gasteiger partial charge in [0.25, 0.3) is 0 Å². The summed E-state index contributed by atoms with van der Waals surface area (Å²) < 4.78 is 0. The molecule has 0 saturated carbocycles. The van der Waals surface area contributed by atoms with Crippen LogP contribution in [0.15, 0.2) is 0 Å². The Morgan fingerprint density at radius 2 is 1.45 bits per heavy atom. The summed E-state index contributed by atoms with van der Waals surface area (Å²) in [5, 5.41) is 0. The predicted octanol–water partition coefficient (Wildman–Crippen LogP) is 0.890. The molecule has 0 aliphatic carbocycles. The van der Waals surface area contributed by atoms with Gasteiger partial charge in [-0.05, 0) is 39.5 Å². The fraction of sp³-hybridized carbons (Fsp3) is 1.00. The molecule has 0 atom stereocenters. The molecular weight excluding hydrogens is 136 g/mol. The van der Waals surface area contributed by atoms with Gasteiger partial charge in [0.05, 0.1) is 0 Å². The SMILES string of the molecule is CC1CN(C)CCCN(C)C1. The lowest BCUT2D eigenvalue weighted by Gasteiger charge is -2.29. The van der Waals surface area contributed by atoms with Crippen LogP contribution < -0.4 is 0 Å². The van der Waals surface area contributed by atoms with E-state index in [4.69, 9.17) is 0 Å². The van der Waals surface area contributed by atoms with E-state index in [1.807, 2.05) is 0 Å². The summed E-state index contributed by atoms with van der Waals surface area (Å²) in [5.74, 6) is 0.824. The number of hydrogen-bond acceptors (Lipinski definition) is 2. The molecule has 0 aromatic rings. The molecule has 2 heteroatoms. The van der Waals surface area contributed by atoms with Crippen molar-refractivity contribution in [3.8, 4) is 0 Å². The van der Waals surface area contributed by atoms with Gasteiger partial charge in [0.1, 0.15) is 0 Å². The van der Waals surface area contributed by atoms with Crippen molar-refractivity contribution in [1.29, 1.82) is 0 Å². The van der Waals surface area contributed by atoms with Gasteiger partial charge in [-0.2, -0.15) is 0 Å². The van der Waals surface area contributed by atoms with Gasteiger partial charge in [0, 0.05) is 13.1 Å². The lowest BCUT2D eigenvalue weighted by molar-refractivity contribution is 0.185. The molecule has 1 fully saturated rings. The molecule has 0 unspecified atom stereocenters. The second kappa shape index (κ2) is 4.07. The summed E-state index contributed by atoms with van der Waals surface area (Å²) in [4.78, 5) is 4.88. The summed E-state index contributed by atoms with van der Waals surface area (Å²) in [6.07, 6.45) is 1.32. The fourth-order valence-electron chi connectivity index (χ4n) is 1.91. The third-order valence-electron chi connectivity index (χ3n) is 2.33. The van der Waals surface area contributed by atoms with Gasteiger partial charge < -0.3 is 9.80 Å². The highest BCUT2D eigenvalue weighted by Crippen LogP contribution is 2.05. The molecule has 1 aliphatic rings. The molecule has 0 radical (unpaired) electrons. The second-order valence-electron chi connectivity index (χ2n) is 3.98. The van der Waals surface area contributed by atoms with Gasteiger partial charge in [0.15, 0.2) is 0 Å². The first kappa shape index (κ1) is 9.01. The van der Waals surface area contributed by atoms with Crippen LogP contribution in [0.25, 0.3) is 0 Å². The molecule has 11 heavy (non-hydrogen) atoms. The van der Waals surface area contributed by atoms with E-state index in [0.717, 1.165) is 5.92 Å². The van der Waals surface area contributed by atoms with Gasteiger partial charge in [-0.25, -0.2) is 0 Å². The molecule has 0 spiro atoms. The Morgan fingerprint density at radius 1 is 1.00 bits per heavy atom. The van der Waals surface area contributed by atoms with E-state index >= 15 is 0 Å². The zero-order valence-electron chi connectivity index (χ0n) is 8.01. The van der Waals surface area contributed by atoms with Crippen molar-refractivity contribution in [2.24, 2.45) is 5.92 Å². The minimum absolute atomic E-state index is 0.824. The molecule has 0 bridgehead atoms. The van der Waals surface area contributed by atoms with Gasteiger partial charge in [-0.1, -0.05) is 6.92 Å². The van der Waals surface area contributed by atoms with Crippen molar-refractivity contribution < 1.29 is 0 Å². The molecule has 66 valence electrons. The average molecular weight is 156 g/mol. The summed E-state index contributed by atoms with van der Waals surface area (Å²) in [6, 6.07) is 0. The van der Waals surface area contributed by atoms with Crippen molar-refractivity contribution in [2.75, 3.05) is 40.3 Å². The van der Waals surface area contributed by atoms with Crippen LogP contribution in [0, 0.1) is 5.92 Å². The van der Waals surface area contributed by atoms with Gasteiger partial charge >= 0.3 is 0 Å². The third-order valence-corrected chi connectivity index (χ3v) is 2.33. The second-order valence-corrected chi connectivity index (χ2v) is 3.98. The Balaban J connectivity index is 2.34. The maximum atomic E-state index is 2.44. The lowest BCUT2D eigenvalue weighted by Crippen LogP contribution is -2.37. The maximum absolute atomic E-state index is 2.44. The Kier molecular flexibility index (Phi) is 3.34. The molecule has 1 rings (SSSR count). The minimum atomic E-state index is 0.824. The van der Waals surface area contributed by atoms with Crippen LogP contribution in [0.1, 0.15) is 13.3 Å². The lowest BCUT2D eigenvalue weighted by atomic mass is 10.1. The Hall–Kier alpha value is -0.0800. The van der Waals surface area contributed by atoms with Crippen molar-refractivity contribution in [2.45, 2.75) is 13.3 Å². The Bertz CT molecular complexity index is 102. The van der Waals surface area contributed by atoms with Gasteiger partial charge in [-0.15, -0.1) is 0 Å². The van der Waals surface area contributed by atoms with E-state index in [-0.39, 0.29) is 0 Å². The average Bonchev–Trinajstić information content (AvgIpc) is 1.83. The first-order valence-electron chi connectivity index (χ1n) is 4.55. The van der Waals surface area contributed by atoms with Crippen LogP contribution in [0.2, 0.25) is 0 Å². The summed E-state index contributed by atoms with van der Waals surface area (Å²) in [6.45, 7) is 7.36. The highest BCUT2D eigenvalue weighted by atomic mass is 15.1. The molecule has 0 aromatic carbocycles. The topological polar surface area (TPSA) is 6.48 Å². The first-order valence-corrected chi connectivity index (χ1v) is 4.55. The fourth-order valence-corrected chi connectivity index (χ4v) is 1.91. The van der Waals surface area contributed by atoms with Crippen molar-refractivity contribution >= 4 is 0 Å². The van der Waals surface area contributed by atoms with E-state index in [9.17, 15) is 0 Å². The number of nitrogens with zero attached hydrogens (tertiary/aromatic N) is 2. The van der Waals surface area contributed by atoms with Crippen LogP contribution in [-0.2, 0) is 0 Å². The molecule has 2 nitrogen and oxygen atoms in total. The van der Waals surface area contributed by atoms with E-state index in [2.05, 4.69) is 30.8 Å². The highest BCUT2D eigenvalue weighted by molar-refractivity contribution is 4.67. The number of hydrogen-bond donors (Lipinski definition) is 0. The molecule has 1 saturated heterocycles. The molecule has 0 aromatic heterocycles. The van der Waals surface area contributed by atoms with E-state index < -0.39 is 0 Å². The summed E-state index contributed by atoms with van der Waals surface area (Å²) in [7, 11) is 4.45. The highest BCUT2D eigenvalue weighted by Gasteiger charge is 2.12. The normalized spacial score (nSPS) is 26.5. The third kappa shape index (κ3) is 3.21. The largest absolute Gasteiger partial charge is 0.306 e.